The summed E-state index contributed by atoms with van der Waals surface area (Å²) in [7, 11) is 2.85. The summed E-state index contributed by atoms with van der Waals surface area (Å²) in [6, 6.07) is -0.509. The van der Waals surface area contributed by atoms with E-state index in [9.17, 15) is 4.79 Å². The van der Waals surface area contributed by atoms with E-state index >= 15 is 0 Å². The van der Waals surface area contributed by atoms with Crippen molar-refractivity contribution in [1.82, 2.24) is 5.32 Å². The molecule has 0 saturated heterocycles. The van der Waals surface area contributed by atoms with E-state index in [-0.39, 0.29) is 39.5 Å². The zero-order chi connectivity index (χ0) is 11.2. The molecule has 6 heteroatoms. The van der Waals surface area contributed by atoms with Crippen LogP contribution in [-0.4, -0.2) is 44.9 Å². The minimum atomic E-state index is -0.509. The van der Waals surface area contributed by atoms with Crippen molar-refractivity contribution in [3.05, 3.63) is 5.73 Å². The van der Waals surface area contributed by atoms with E-state index in [1.54, 1.807) is 0 Å². The molecule has 0 aromatic rings. The number of nitrogens with one attached hydrogen (secondary N) is 2. The number of carbonyl (C=O) groups is 1. The van der Waals surface area contributed by atoms with Gasteiger partial charge in [0.15, 0.2) is 0 Å². The number of rotatable bonds is 6. The van der Waals surface area contributed by atoms with Crippen molar-refractivity contribution < 1.29 is 34.7 Å². The van der Waals surface area contributed by atoms with E-state index in [1.165, 1.54) is 14.2 Å². The van der Waals surface area contributed by atoms with Crippen LogP contribution in [0.3, 0.4) is 0 Å². The molecule has 1 atom stereocenters. The molecule has 0 spiro atoms. The van der Waals surface area contributed by atoms with Crippen LogP contribution < -0.4 is 5.32 Å². The standard InChI is InChI=1S/C9H19N2O3.Pd/c1-9(2,6-10)11-7(5-13-3)8(12)14-4;/h7,10-11H,5-6H2,1-4H3;/q-1;. The first-order valence-electron chi connectivity index (χ1n) is 4.46. The van der Waals surface area contributed by atoms with Gasteiger partial charge in [0.05, 0.1) is 13.7 Å². The number of hydrogen-bond donors (Lipinski definition) is 1. The van der Waals surface area contributed by atoms with Crippen LogP contribution in [0.25, 0.3) is 5.73 Å². The van der Waals surface area contributed by atoms with Gasteiger partial charge in [-0.05, 0) is 19.4 Å². The summed E-state index contributed by atoms with van der Waals surface area (Å²) in [5.41, 5.74) is 6.85. The Morgan fingerprint density at radius 1 is 1.47 bits per heavy atom. The molecule has 1 unspecified atom stereocenters. The third-order valence-electron chi connectivity index (χ3n) is 1.83. The molecule has 0 fully saturated rings. The Morgan fingerprint density at radius 2 is 2.00 bits per heavy atom. The topological polar surface area (TPSA) is 71.4 Å². The molecule has 0 aliphatic rings. The van der Waals surface area contributed by atoms with Crippen LogP contribution in [0.2, 0.25) is 0 Å². The Labute approximate surface area is 105 Å². The predicted molar refractivity (Wildman–Crippen MR) is 54.1 cm³/mol. The van der Waals surface area contributed by atoms with Gasteiger partial charge in [0, 0.05) is 27.5 Å². The van der Waals surface area contributed by atoms with Gasteiger partial charge in [0.2, 0.25) is 0 Å². The molecule has 0 aliphatic carbocycles. The summed E-state index contributed by atoms with van der Waals surface area (Å²) in [6.45, 7) is 4.14. The molecule has 0 radical (unpaired) electrons. The molecule has 2 N–H and O–H groups in total. The number of methoxy groups -OCH3 is 2. The van der Waals surface area contributed by atoms with Crippen LogP contribution in [0.15, 0.2) is 0 Å². The van der Waals surface area contributed by atoms with E-state index in [0.717, 1.165) is 0 Å². The van der Waals surface area contributed by atoms with Crippen molar-refractivity contribution in [2.45, 2.75) is 25.4 Å². The average Bonchev–Trinajstić information content (AvgIpc) is 2.16. The smallest absolute Gasteiger partial charge is 0.325 e. The molecule has 0 aliphatic heterocycles. The first-order valence-corrected chi connectivity index (χ1v) is 4.46. The van der Waals surface area contributed by atoms with Gasteiger partial charge in [-0.3, -0.25) is 10.1 Å². The van der Waals surface area contributed by atoms with Gasteiger partial charge in [0.1, 0.15) is 6.04 Å². The Hall–Kier alpha value is 0.0123. The van der Waals surface area contributed by atoms with Gasteiger partial charge in [0.25, 0.3) is 0 Å². The Balaban J connectivity index is 0. The van der Waals surface area contributed by atoms with Gasteiger partial charge < -0.3 is 15.2 Å². The van der Waals surface area contributed by atoms with E-state index < -0.39 is 11.6 Å². The van der Waals surface area contributed by atoms with Gasteiger partial charge >= 0.3 is 5.97 Å². The van der Waals surface area contributed by atoms with Crippen molar-refractivity contribution in [3.63, 3.8) is 0 Å². The van der Waals surface area contributed by atoms with Gasteiger partial charge in [-0.2, -0.15) is 0 Å². The number of ether oxygens (including phenoxy) is 2. The largest absolute Gasteiger partial charge is 0.676 e. The zero-order valence-electron chi connectivity index (χ0n) is 9.53. The van der Waals surface area contributed by atoms with Gasteiger partial charge in [-0.25, -0.2) is 0 Å². The van der Waals surface area contributed by atoms with Crippen molar-refractivity contribution in [2.75, 3.05) is 27.4 Å². The van der Waals surface area contributed by atoms with Crippen LogP contribution in [0, 0.1) is 0 Å². The van der Waals surface area contributed by atoms with Gasteiger partial charge in [-0.15, -0.1) is 6.54 Å². The number of carbonyl (C=O) groups excluding carboxylic acids is 1. The fraction of sp³-hybridized carbons (Fsp3) is 0.889. The van der Waals surface area contributed by atoms with Crippen molar-refractivity contribution in [2.24, 2.45) is 0 Å². The van der Waals surface area contributed by atoms with Crippen molar-refractivity contribution in [3.8, 4) is 0 Å². The van der Waals surface area contributed by atoms with Crippen LogP contribution in [-0.2, 0) is 34.7 Å². The van der Waals surface area contributed by atoms with E-state index in [4.69, 9.17) is 10.5 Å². The molecule has 94 valence electrons. The molecular weight excluding hydrogens is 291 g/mol. The van der Waals surface area contributed by atoms with Crippen LogP contribution in [0.1, 0.15) is 13.8 Å². The quantitative estimate of drug-likeness (QED) is 0.576. The predicted octanol–water partition coefficient (Wildman–Crippen LogP) is 0.592. The summed E-state index contributed by atoms with van der Waals surface area (Å²) < 4.78 is 9.51. The molecule has 0 bridgehead atoms. The monoisotopic (exact) mass is 309 g/mol. The maximum absolute atomic E-state index is 11.3. The minimum absolute atomic E-state index is 0. The molecule has 0 aromatic carbocycles. The van der Waals surface area contributed by atoms with E-state index in [1.807, 2.05) is 13.8 Å². The third kappa shape index (κ3) is 6.99. The Morgan fingerprint density at radius 3 is 2.33 bits per heavy atom. The second-order valence-electron chi connectivity index (χ2n) is 3.74. The summed E-state index contributed by atoms with van der Waals surface area (Å²) in [4.78, 5) is 11.3. The van der Waals surface area contributed by atoms with E-state index in [0.29, 0.717) is 0 Å². The maximum atomic E-state index is 11.3. The van der Waals surface area contributed by atoms with E-state index in [2.05, 4.69) is 10.1 Å². The van der Waals surface area contributed by atoms with Gasteiger partial charge in [-0.1, -0.05) is 0 Å². The average molecular weight is 310 g/mol. The minimum Gasteiger partial charge on any atom is -0.676 e. The Kier molecular flexibility index (Phi) is 9.51. The first kappa shape index (κ1) is 17.4. The molecular formula is C9H19N2O3Pd-. The molecule has 0 saturated carbocycles. The molecule has 15 heavy (non-hydrogen) atoms. The third-order valence-corrected chi connectivity index (χ3v) is 1.83. The second-order valence-corrected chi connectivity index (χ2v) is 3.74. The molecule has 0 amide bonds. The first-order chi connectivity index (χ1) is 6.46. The van der Waals surface area contributed by atoms with Crippen molar-refractivity contribution in [1.29, 1.82) is 0 Å². The molecule has 0 aromatic heterocycles. The molecule has 5 nitrogen and oxygen atoms in total. The summed E-state index contributed by atoms with van der Waals surface area (Å²) in [5, 5.41) is 3.01. The zero-order valence-corrected chi connectivity index (χ0v) is 11.1. The Bertz CT molecular complexity index is 188. The van der Waals surface area contributed by atoms with Crippen molar-refractivity contribution >= 4 is 5.97 Å². The fourth-order valence-corrected chi connectivity index (χ4v) is 1.00. The van der Waals surface area contributed by atoms with Crippen LogP contribution in [0.4, 0.5) is 0 Å². The SMILES string of the molecule is COCC(NC(C)(C)C[NH-])C(=O)OC.[Pd]. The summed E-state index contributed by atoms with van der Waals surface area (Å²) >= 11 is 0. The number of esters is 1. The van der Waals surface area contributed by atoms with Crippen LogP contribution >= 0.6 is 0 Å². The second kappa shape index (κ2) is 8.20. The van der Waals surface area contributed by atoms with Crippen LogP contribution in [0.5, 0.6) is 0 Å². The normalized spacial score (nSPS) is 12.9. The maximum Gasteiger partial charge on any atom is 0.325 e. The molecule has 0 heterocycles. The fourth-order valence-electron chi connectivity index (χ4n) is 1.00. The summed E-state index contributed by atoms with van der Waals surface area (Å²) in [6.07, 6.45) is 0. The molecule has 0 rings (SSSR count). The number of hydrogen-bond acceptors (Lipinski definition) is 4. The summed E-state index contributed by atoms with van der Waals surface area (Å²) in [5.74, 6) is -0.367.